The van der Waals surface area contributed by atoms with Crippen molar-refractivity contribution in [2.45, 2.75) is 19.5 Å². The van der Waals surface area contributed by atoms with Crippen molar-refractivity contribution in [2.24, 2.45) is 4.99 Å². The number of methoxy groups -OCH3 is 2. The van der Waals surface area contributed by atoms with E-state index in [0.29, 0.717) is 0 Å². The number of ether oxygens (including phenoxy) is 2. The van der Waals surface area contributed by atoms with Crippen LogP contribution in [0.5, 0.6) is 11.5 Å². The van der Waals surface area contributed by atoms with E-state index in [1.807, 2.05) is 18.2 Å². The Morgan fingerprint density at radius 1 is 1.04 bits per heavy atom. The normalized spacial score (nSPS) is 14.3. The quantitative estimate of drug-likeness (QED) is 0.569. The van der Waals surface area contributed by atoms with Crippen LogP contribution in [0, 0.1) is 0 Å². The van der Waals surface area contributed by atoms with E-state index in [0.717, 1.165) is 56.6 Å². The minimum absolute atomic E-state index is 0.763. The van der Waals surface area contributed by atoms with Crippen LogP contribution in [0.3, 0.4) is 0 Å². The second-order valence-electron chi connectivity index (χ2n) is 6.84. The highest BCUT2D eigenvalue weighted by Crippen LogP contribution is 2.33. The highest BCUT2D eigenvalue weighted by atomic mass is 16.5. The maximum Gasteiger partial charge on any atom is 0.191 e. The Morgan fingerprint density at radius 3 is 2.43 bits per heavy atom. The van der Waals surface area contributed by atoms with E-state index in [1.54, 1.807) is 21.3 Å². The molecule has 0 atom stereocenters. The highest BCUT2D eigenvalue weighted by Gasteiger charge is 2.19. The summed E-state index contributed by atoms with van der Waals surface area (Å²) >= 11 is 0. The standard InChI is InChI=1S/C22H30N4O2/c1-23-22(25-15-17-7-5-4-6-8-17)24-10-12-26-11-9-18-13-20(27-2)21(28-3)14-19(18)16-26/h4-8,13-14H,9-12,15-16H2,1-3H3,(H2,23,24,25). The van der Waals surface area contributed by atoms with Crippen molar-refractivity contribution in [3.63, 3.8) is 0 Å². The fourth-order valence-corrected chi connectivity index (χ4v) is 3.47. The monoisotopic (exact) mass is 382 g/mol. The van der Waals surface area contributed by atoms with Gasteiger partial charge in [-0.15, -0.1) is 0 Å². The van der Waals surface area contributed by atoms with Gasteiger partial charge in [-0.2, -0.15) is 0 Å². The van der Waals surface area contributed by atoms with Gasteiger partial charge in [0.1, 0.15) is 0 Å². The van der Waals surface area contributed by atoms with E-state index >= 15 is 0 Å². The van der Waals surface area contributed by atoms with Crippen molar-refractivity contribution in [2.75, 3.05) is 40.9 Å². The van der Waals surface area contributed by atoms with Gasteiger partial charge >= 0.3 is 0 Å². The van der Waals surface area contributed by atoms with Crippen LogP contribution >= 0.6 is 0 Å². The molecule has 0 saturated heterocycles. The zero-order valence-corrected chi connectivity index (χ0v) is 17.0. The fraction of sp³-hybridized carbons (Fsp3) is 0.409. The molecule has 3 rings (SSSR count). The lowest BCUT2D eigenvalue weighted by Crippen LogP contribution is -2.42. The molecule has 0 amide bonds. The summed E-state index contributed by atoms with van der Waals surface area (Å²) in [4.78, 5) is 6.76. The number of hydrogen-bond acceptors (Lipinski definition) is 4. The molecular formula is C22H30N4O2. The van der Waals surface area contributed by atoms with Gasteiger partial charge in [0.05, 0.1) is 14.2 Å². The number of rotatable bonds is 7. The summed E-state index contributed by atoms with van der Waals surface area (Å²) in [6.45, 7) is 4.53. The van der Waals surface area contributed by atoms with E-state index in [4.69, 9.17) is 9.47 Å². The molecule has 1 aliphatic rings. The lowest BCUT2D eigenvalue weighted by Gasteiger charge is -2.29. The zero-order valence-electron chi connectivity index (χ0n) is 17.0. The summed E-state index contributed by atoms with van der Waals surface area (Å²) < 4.78 is 10.9. The van der Waals surface area contributed by atoms with Gasteiger partial charge in [0.2, 0.25) is 0 Å². The maximum atomic E-state index is 5.45. The molecule has 0 aliphatic carbocycles. The summed E-state index contributed by atoms with van der Waals surface area (Å²) in [5.74, 6) is 2.43. The van der Waals surface area contributed by atoms with Crippen molar-refractivity contribution in [1.82, 2.24) is 15.5 Å². The van der Waals surface area contributed by atoms with E-state index in [2.05, 4.69) is 44.8 Å². The van der Waals surface area contributed by atoms with Crippen molar-refractivity contribution >= 4 is 5.96 Å². The summed E-state index contributed by atoms with van der Waals surface area (Å²) in [5.41, 5.74) is 3.90. The second-order valence-corrected chi connectivity index (χ2v) is 6.84. The number of nitrogens with one attached hydrogen (secondary N) is 2. The molecule has 2 aromatic carbocycles. The predicted octanol–water partition coefficient (Wildman–Crippen LogP) is 2.43. The number of fused-ring (bicyclic) bond motifs is 1. The maximum absolute atomic E-state index is 5.45. The van der Waals surface area contributed by atoms with Crippen LogP contribution in [0.4, 0.5) is 0 Å². The molecule has 0 unspecified atom stereocenters. The molecule has 0 spiro atoms. The third-order valence-corrected chi connectivity index (χ3v) is 5.04. The summed E-state index contributed by atoms with van der Waals surface area (Å²) in [6.07, 6.45) is 1.02. The molecule has 150 valence electrons. The van der Waals surface area contributed by atoms with Gasteiger partial charge in [-0.3, -0.25) is 9.89 Å². The Bertz CT molecular complexity index is 793. The van der Waals surface area contributed by atoms with Crippen LogP contribution < -0.4 is 20.1 Å². The Kier molecular flexibility index (Phi) is 7.14. The van der Waals surface area contributed by atoms with Crippen LogP contribution in [0.2, 0.25) is 0 Å². The average Bonchev–Trinajstić information content (AvgIpc) is 2.75. The first-order chi connectivity index (χ1) is 13.7. The van der Waals surface area contributed by atoms with Crippen LogP contribution in [0.15, 0.2) is 47.5 Å². The van der Waals surface area contributed by atoms with Crippen LogP contribution in [-0.2, 0) is 19.5 Å². The number of benzene rings is 2. The van der Waals surface area contributed by atoms with E-state index in [9.17, 15) is 0 Å². The second kappa shape index (κ2) is 9.99. The summed E-state index contributed by atoms with van der Waals surface area (Å²) in [5, 5.41) is 6.76. The minimum atomic E-state index is 0.763. The van der Waals surface area contributed by atoms with Crippen molar-refractivity contribution in [1.29, 1.82) is 0 Å². The predicted molar refractivity (Wildman–Crippen MR) is 113 cm³/mol. The molecule has 1 heterocycles. The Morgan fingerprint density at radius 2 is 1.75 bits per heavy atom. The molecule has 28 heavy (non-hydrogen) atoms. The van der Waals surface area contributed by atoms with Gasteiger partial charge in [-0.25, -0.2) is 0 Å². The van der Waals surface area contributed by atoms with Crippen molar-refractivity contribution < 1.29 is 9.47 Å². The molecule has 6 heteroatoms. The molecular weight excluding hydrogens is 352 g/mol. The fourth-order valence-electron chi connectivity index (χ4n) is 3.47. The summed E-state index contributed by atoms with van der Waals surface area (Å²) in [7, 11) is 5.17. The Labute approximate surface area is 167 Å². The van der Waals surface area contributed by atoms with E-state index in [-0.39, 0.29) is 0 Å². The van der Waals surface area contributed by atoms with Crippen LogP contribution in [0.1, 0.15) is 16.7 Å². The van der Waals surface area contributed by atoms with Gasteiger partial charge in [0.25, 0.3) is 0 Å². The van der Waals surface area contributed by atoms with Crippen molar-refractivity contribution in [3.05, 3.63) is 59.2 Å². The molecule has 0 radical (unpaired) electrons. The van der Waals surface area contributed by atoms with E-state index < -0.39 is 0 Å². The van der Waals surface area contributed by atoms with E-state index in [1.165, 1.54) is 16.7 Å². The first-order valence-electron chi connectivity index (χ1n) is 9.68. The van der Waals surface area contributed by atoms with Gasteiger partial charge in [0.15, 0.2) is 17.5 Å². The molecule has 0 bridgehead atoms. The molecule has 2 aromatic rings. The lowest BCUT2D eigenvalue weighted by atomic mass is 9.99. The lowest BCUT2D eigenvalue weighted by molar-refractivity contribution is 0.256. The number of nitrogens with zero attached hydrogens (tertiary/aromatic N) is 2. The smallest absolute Gasteiger partial charge is 0.191 e. The molecule has 2 N–H and O–H groups in total. The first kappa shape index (κ1) is 20.0. The molecule has 0 fully saturated rings. The van der Waals surface area contributed by atoms with Gasteiger partial charge in [-0.05, 0) is 35.2 Å². The van der Waals surface area contributed by atoms with Crippen LogP contribution in [-0.4, -0.2) is 51.8 Å². The Hall–Kier alpha value is -2.73. The SMILES string of the molecule is CN=C(NCCN1CCc2cc(OC)c(OC)cc2C1)NCc1ccccc1. The highest BCUT2D eigenvalue weighted by molar-refractivity contribution is 5.79. The number of hydrogen-bond donors (Lipinski definition) is 2. The van der Waals surface area contributed by atoms with Crippen molar-refractivity contribution in [3.8, 4) is 11.5 Å². The third kappa shape index (κ3) is 5.16. The van der Waals surface area contributed by atoms with Gasteiger partial charge < -0.3 is 20.1 Å². The molecule has 0 aromatic heterocycles. The average molecular weight is 383 g/mol. The Balaban J connectivity index is 1.48. The minimum Gasteiger partial charge on any atom is -0.493 e. The van der Waals surface area contributed by atoms with Gasteiger partial charge in [0, 0.05) is 39.8 Å². The third-order valence-electron chi connectivity index (χ3n) is 5.04. The largest absolute Gasteiger partial charge is 0.493 e. The number of guanidine groups is 1. The summed E-state index contributed by atoms with van der Waals surface area (Å²) in [6, 6.07) is 14.5. The van der Waals surface area contributed by atoms with Gasteiger partial charge in [-0.1, -0.05) is 30.3 Å². The topological polar surface area (TPSA) is 58.1 Å². The zero-order chi connectivity index (χ0) is 19.8. The number of aliphatic imine (C=N–C) groups is 1. The molecule has 0 saturated carbocycles. The first-order valence-corrected chi connectivity index (χ1v) is 9.68. The molecule has 6 nitrogen and oxygen atoms in total. The van der Waals surface area contributed by atoms with Crippen LogP contribution in [0.25, 0.3) is 0 Å². The molecule has 1 aliphatic heterocycles.